The van der Waals surface area contributed by atoms with Gasteiger partial charge in [0.15, 0.2) is 11.5 Å². The van der Waals surface area contributed by atoms with Gasteiger partial charge in [0.1, 0.15) is 0 Å². The molecule has 2 aliphatic heterocycles. The van der Waals surface area contributed by atoms with E-state index in [-0.39, 0.29) is 34.4 Å². The predicted molar refractivity (Wildman–Crippen MR) is 115 cm³/mol. The van der Waals surface area contributed by atoms with Crippen LogP contribution in [0.4, 0.5) is 5.69 Å². The highest BCUT2D eigenvalue weighted by Crippen LogP contribution is 2.35. The van der Waals surface area contributed by atoms with Crippen molar-refractivity contribution in [2.75, 3.05) is 30.8 Å². The maximum absolute atomic E-state index is 13.3. The molecular weight excluding hydrogens is 444 g/mol. The second-order valence-corrected chi connectivity index (χ2v) is 9.69. The van der Waals surface area contributed by atoms with Gasteiger partial charge in [-0.05, 0) is 47.9 Å². The summed E-state index contributed by atoms with van der Waals surface area (Å²) in [5.41, 5.74) is 2.27. The van der Waals surface area contributed by atoms with E-state index in [0.29, 0.717) is 31.0 Å². The number of halogens is 1. The van der Waals surface area contributed by atoms with Gasteiger partial charge in [-0.2, -0.15) is 0 Å². The molecule has 0 saturated carbocycles. The van der Waals surface area contributed by atoms with E-state index < -0.39 is 15.9 Å². The Labute approximate surface area is 185 Å². The van der Waals surface area contributed by atoms with Crippen LogP contribution in [0.2, 0.25) is 5.02 Å². The summed E-state index contributed by atoms with van der Waals surface area (Å²) in [6.45, 7) is 0.804. The summed E-state index contributed by atoms with van der Waals surface area (Å²) >= 11 is 6.28. The summed E-state index contributed by atoms with van der Waals surface area (Å²) in [4.78, 5) is 27.0. The first-order chi connectivity index (χ1) is 14.7. The van der Waals surface area contributed by atoms with Crippen LogP contribution in [-0.2, 0) is 27.8 Å². The number of carbonyl (C=O) groups excluding carboxylic acids is 2. The minimum Gasteiger partial charge on any atom is -0.493 e. The first-order valence-corrected chi connectivity index (χ1v) is 11.6. The third kappa shape index (κ3) is 3.83. The van der Waals surface area contributed by atoms with Gasteiger partial charge in [-0.1, -0.05) is 11.6 Å². The van der Waals surface area contributed by atoms with Crippen molar-refractivity contribution in [1.29, 1.82) is 0 Å². The van der Waals surface area contributed by atoms with Crippen molar-refractivity contribution in [2.45, 2.75) is 19.4 Å². The van der Waals surface area contributed by atoms with Crippen LogP contribution >= 0.6 is 11.6 Å². The molecule has 0 aliphatic carbocycles. The lowest BCUT2D eigenvalue weighted by molar-refractivity contribution is -0.116. The molecule has 10 heteroatoms. The van der Waals surface area contributed by atoms with Crippen LogP contribution in [0.5, 0.6) is 11.5 Å². The molecule has 164 valence electrons. The minimum absolute atomic E-state index is 0.0809. The molecule has 0 spiro atoms. The van der Waals surface area contributed by atoms with Crippen LogP contribution in [0.25, 0.3) is 0 Å². The van der Waals surface area contributed by atoms with Crippen molar-refractivity contribution in [3.63, 3.8) is 0 Å². The Hall–Kier alpha value is -2.78. The van der Waals surface area contributed by atoms with E-state index >= 15 is 0 Å². The molecule has 2 heterocycles. The molecule has 31 heavy (non-hydrogen) atoms. The molecule has 1 saturated heterocycles. The summed E-state index contributed by atoms with van der Waals surface area (Å²) in [7, 11) is -0.611. The molecular formula is C21H21ClN2O6S. The highest BCUT2D eigenvalue weighted by atomic mass is 35.5. The molecule has 8 nitrogen and oxygen atoms in total. The first-order valence-electron chi connectivity index (χ1n) is 9.63. The maximum Gasteiger partial charge on any atom is 0.255 e. The fraction of sp³-hybridized carbons (Fsp3) is 0.333. The van der Waals surface area contributed by atoms with E-state index in [4.69, 9.17) is 21.1 Å². The van der Waals surface area contributed by atoms with Crippen LogP contribution in [0.1, 0.15) is 27.9 Å². The Morgan fingerprint density at radius 1 is 1.03 bits per heavy atom. The Morgan fingerprint density at radius 3 is 2.32 bits per heavy atom. The van der Waals surface area contributed by atoms with Gasteiger partial charge in [0.05, 0.1) is 36.2 Å². The number of hydrogen-bond donors (Lipinski definition) is 0. The van der Waals surface area contributed by atoms with Gasteiger partial charge in [0, 0.05) is 19.5 Å². The van der Waals surface area contributed by atoms with Crippen molar-refractivity contribution in [3.05, 3.63) is 52.0 Å². The lowest BCUT2D eigenvalue weighted by atomic mass is 9.98. The first kappa shape index (κ1) is 21.5. The summed E-state index contributed by atoms with van der Waals surface area (Å²) in [6.07, 6.45) is 0.542. The zero-order chi connectivity index (χ0) is 22.3. The third-order valence-electron chi connectivity index (χ3n) is 5.50. The number of ether oxygens (including phenoxy) is 2. The fourth-order valence-corrected chi connectivity index (χ4v) is 5.55. The normalized spacial score (nSPS) is 17.5. The van der Waals surface area contributed by atoms with Crippen LogP contribution in [-0.4, -0.2) is 51.6 Å². The SMILES string of the molecule is COc1cc2c(cc1OC)CN(C(=O)c1cc(N3C(=O)CCS3(=O)=O)ccc1Cl)CC2. The van der Waals surface area contributed by atoms with Crippen LogP contribution in [0.15, 0.2) is 30.3 Å². The van der Waals surface area contributed by atoms with Gasteiger partial charge in [-0.25, -0.2) is 12.7 Å². The number of anilines is 1. The lowest BCUT2D eigenvalue weighted by Gasteiger charge is -2.30. The average Bonchev–Trinajstić information content (AvgIpc) is 3.04. The van der Waals surface area contributed by atoms with E-state index in [1.807, 2.05) is 12.1 Å². The Balaban J connectivity index is 1.64. The fourth-order valence-electron chi connectivity index (χ4n) is 3.90. The van der Waals surface area contributed by atoms with Crippen LogP contribution < -0.4 is 13.8 Å². The van der Waals surface area contributed by atoms with E-state index in [9.17, 15) is 18.0 Å². The molecule has 2 amide bonds. The van der Waals surface area contributed by atoms with Gasteiger partial charge < -0.3 is 14.4 Å². The number of nitrogens with zero attached hydrogens (tertiary/aromatic N) is 2. The van der Waals surface area contributed by atoms with Gasteiger partial charge in [0.2, 0.25) is 15.9 Å². The molecule has 4 rings (SSSR count). The van der Waals surface area contributed by atoms with E-state index in [2.05, 4.69) is 0 Å². The van der Waals surface area contributed by atoms with E-state index in [0.717, 1.165) is 15.4 Å². The van der Waals surface area contributed by atoms with Crippen molar-refractivity contribution < 1.29 is 27.5 Å². The average molecular weight is 465 g/mol. The number of methoxy groups -OCH3 is 2. The standard InChI is InChI=1S/C21H21ClN2O6S/c1-29-18-9-13-5-7-23(12-14(13)10-19(18)30-2)21(26)16-11-15(3-4-17(16)22)24-20(25)6-8-31(24,27)28/h3-4,9-11H,5-8,12H2,1-2H3. The van der Waals surface area contributed by atoms with Crippen LogP contribution in [0, 0.1) is 0 Å². The molecule has 0 radical (unpaired) electrons. The number of sulfonamides is 1. The minimum atomic E-state index is -3.73. The monoisotopic (exact) mass is 464 g/mol. The second kappa shape index (κ2) is 8.05. The number of carbonyl (C=O) groups is 2. The molecule has 0 atom stereocenters. The molecule has 1 fully saturated rings. The van der Waals surface area contributed by atoms with Gasteiger partial charge in [-0.15, -0.1) is 0 Å². The van der Waals surface area contributed by atoms with E-state index in [1.165, 1.54) is 18.2 Å². The largest absolute Gasteiger partial charge is 0.493 e. The van der Waals surface area contributed by atoms with Gasteiger partial charge >= 0.3 is 0 Å². The van der Waals surface area contributed by atoms with Crippen molar-refractivity contribution in [3.8, 4) is 11.5 Å². The molecule has 2 aromatic carbocycles. The second-order valence-electron chi connectivity index (χ2n) is 7.34. The zero-order valence-electron chi connectivity index (χ0n) is 17.1. The lowest BCUT2D eigenvalue weighted by Crippen LogP contribution is -2.36. The smallest absolute Gasteiger partial charge is 0.255 e. The molecule has 0 unspecified atom stereocenters. The van der Waals surface area contributed by atoms with Crippen LogP contribution in [0.3, 0.4) is 0 Å². The highest BCUT2D eigenvalue weighted by molar-refractivity contribution is 7.94. The highest BCUT2D eigenvalue weighted by Gasteiger charge is 2.37. The number of hydrogen-bond acceptors (Lipinski definition) is 6. The van der Waals surface area contributed by atoms with Gasteiger partial charge in [-0.3, -0.25) is 9.59 Å². The van der Waals surface area contributed by atoms with E-state index in [1.54, 1.807) is 19.1 Å². The van der Waals surface area contributed by atoms with Crippen molar-refractivity contribution in [2.24, 2.45) is 0 Å². The Kier molecular flexibility index (Phi) is 5.57. The van der Waals surface area contributed by atoms with Crippen molar-refractivity contribution in [1.82, 2.24) is 4.90 Å². The summed E-state index contributed by atoms with van der Waals surface area (Å²) < 4.78 is 35.9. The molecule has 2 aliphatic rings. The number of rotatable bonds is 4. The summed E-state index contributed by atoms with van der Waals surface area (Å²) in [5.74, 6) is 0.109. The Bertz CT molecular complexity index is 1180. The molecule has 0 aromatic heterocycles. The van der Waals surface area contributed by atoms with Gasteiger partial charge in [0.25, 0.3) is 5.91 Å². The summed E-state index contributed by atoms with van der Waals surface area (Å²) in [6, 6.07) is 8.00. The maximum atomic E-state index is 13.3. The molecule has 0 bridgehead atoms. The predicted octanol–water partition coefficient (Wildman–Crippen LogP) is 2.62. The Morgan fingerprint density at radius 2 is 1.71 bits per heavy atom. The topological polar surface area (TPSA) is 93.2 Å². The zero-order valence-corrected chi connectivity index (χ0v) is 18.6. The number of amides is 2. The summed E-state index contributed by atoms with van der Waals surface area (Å²) in [5, 5.41) is 0.191. The number of benzene rings is 2. The third-order valence-corrected chi connectivity index (χ3v) is 7.52. The molecule has 0 N–H and O–H groups in total. The van der Waals surface area contributed by atoms with Crippen molar-refractivity contribution >= 4 is 39.1 Å². The quantitative estimate of drug-likeness (QED) is 0.690. The number of fused-ring (bicyclic) bond motifs is 1. The molecule has 2 aromatic rings.